The van der Waals surface area contributed by atoms with E-state index in [1.54, 1.807) is 17.8 Å². The summed E-state index contributed by atoms with van der Waals surface area (Å²) >= 11 is 0. The molecule has 2 atom stereocenters. The number of piperidine rings is 1. The predicted octanol–water partition coefficient (Wildman–Crippen LogP) is 2.25. The molecule has 4 aliphatic rings. The Morgan fingerprint density at radius 3 is 2.50 bits per heavy atom. The second-order valence-electron chi connectivity index (χ2n) is 12.5. The van der Waals surface area contributed by atoms with E-state index in [9.17, 15) is 10.5 Å². The molecule has 9 nitrogen and oxygen atoms in total. The molecule has 3 aliphatic heterocycles. The predicted molar refractivity (Wildman–Crippen MR) is 165 cm³/mol. The first-order valence-electron chi connectivity index (χ1n) is 14.7. The lowest BCUT2D eigenvalue weighted by Crippen LogP contribution is -2.74. The van der Waals surface area contributed by atoms with E-state index in [1.165, 1.54) is 12.0 Å². The van der Waals surface area contributed by atoms with E-state index >= 15 is 0 Å². The molecule has 11 heteroatoms. The zero-order valence-corrected chi connectivity index (χ0v) is 24.3. The van der Waals surface area contributed by atoms with Crippen LogP contribution in [0.15, 0.2) is 55.1 Å². The fourth-order valence-electron chi connectivity index (χ4n) is 7.02. The topological polar surface area (TPSA) is 106 Å². The number of methoxy groups -OCH3 is 1. The summed E-state index contributed by atoms with van der Waals surface area (Å²) in [4.78, 5) is 14.4. The van der Waals surface area contributed by atoms with Gasteiger partial charge in [0.2, 0.25) is 5.88 Å². The number of rotatable bonds is 8. The molecule has 4 fully saturated rings. The number of hydrogen-bond acceptors (Lipinski definition) is 8. The van der Waals surface area contributed by atoms with E-state index in [2.05, 4.69) is 72.0 Å². The molecule has 4 aromatic heterocycles. The van der Waals surface area contributed by atoms with Crippen LogP contribution in [0.2, 0.25) is 0 Å². The molecular formula is C31H32B2N8O. The van der Waals surface area contributed by atoms with Crippen LogP contribution in [-0.4, -0.2) is 72.5 Å². The lowest BCUT2D eigenvalue weighted by Gasteiger charge is -2.62. The molecule has 1 aliphatic carbocycles. The van der Waals surface area contributed by atoms with Crippen molar-refractivity contribution in [1.29, 1.82) is 10.5 Å². The zero-order valence-electron chi connectivity index (χ0n) is 24.3. The average Bonchev–Trinajstić information content (AvgIpc) is 3.69. The molecule has 42 heavy (non-hydrogen) atoms. The second-order valence-corrected chi connectivity index (χ2v) is 12.5. The monoisotopic (exact) mass is 554 g/mol. The molecule has 0 spiro atoms. The Bertz CT molecular complexity index is 1720. The van der Waals surface area contributed by atoms with Crippen molar-refractivity contribution in [3.63, 3.8) is 0 Å². The summed E-state index contributed by atoms with van der Waals surface area (Å²) in [6.07, 6.45) is 12.3. The number of ether oxygens (including phenoxy) is 1. The van der Waals surface area contributed by atoms with Crippen LogP contribution in [-0.2, 0) is 11.8 Å². The van der Waals surface area contributed by atoms with Crippen LogP contribution >= 0.6 is 0 Å². The minimum absolute atomic E-state index is 0.122. The molecule has 1 saturated carbocycles. The van der Waals surface area contributed by atoms with Gasteiger partial charge in [0.15, 0.2) is 0 Å². The first-order valence-corrected chi connectivity index (χ1v) is 14.7. The molecule has 3 saturated heterocycles. The first-order chi connectivity index (χ1) is 20.3. The van der Waals surface area contributed by atoms with Crippen molar-refractivity contribution in [3.8, 4) is 29.1 Å². The standard InChI is InChI=1S/C31H32B2N8O/c1-42-28-5-3-23(15-37-28)31(32,33)41-24-11-25(41)18-39(17-24)27-4-2-21(13-36-27)26-10-20(6-7-30(19-35)8-9-30)16-40-29(26)22(12-34)14-38-40/h2-5,10,13-16,24-25H,6-9,11,17-18,32-33H2,1H3. The number of hydrogen-bond donors (Lipinski definition) is 0. The van der Waals surface area contributed by atoms with Crippen LogP contribution < -0.4 is 9.64 Å². The quantitative estimate of drug-likeness (QED) is 0.306. The molecule has 0 amide bonds. The minimum atomic E-state index is -0.161. The largest absolute Gasteiger partial charge is 0.481 e. The van der Waals surface area contributed by atoms with E-state index in [1.807, 2.05) is 24.7 Å². The summed E-state index contributed by atoms with van der Waals surface area (Å²) in [5, 5.41) is 23.6. The van der Waals surface area contributed by atoms with Gasteiger partial charge >= 0.3 is 0 Å². The number of nitrogens with zero attached hydrogens (tertiary/aromatic N) is 8. The molecule has 4 aromatic rings. The van der Waals surface area contributed by atoms with Crippen molar-refractivity contribution in [2.75, 3.05) is 25.1 Å². The highest BCUT2D eigenvalue weighted by Crippen LogP contribution is 2.49. The van der Waals surface area contributed by atoms with Crippen LogP contribution in [0.25, 0.3) is 16.6 Å². The van der Waals surface area contributed by atoms with Crippen molar-refractivity contribution in [2.45, 2.75) is 49.5 Å². The summed E-state index contributed by atoms with van der Waals surface area (Å²) in [6.45, 7) is 1.86. The minimum Gasteiger partial charge on any atom is -0.481 e. The highest BCUT2D eigenvalue weighted by molar-refractivity contribution is 6.39. The van der Waals surface area contributed by atoms with Crippen molar-refractivity contribution in [2.24, 2.45) is 5.41 Å². The summed E-state index contributed by atoms with van der Waals surface area (Å²) in [5.74, 6) is 1.61. The van der Waals surface area contributed by atoms with Crippen LogP contribution in [0.4, 0.5) is 5.82 Å². The SMILES string of the molecule is BC(B)(c1ccc(OC)nc1)N1C2CC1CN(c1ccc(-c3cc(CCC4(C#N)CC4)cn4ncc(C#N)c34)cn1)C2. The number of fused-ring (bicyclic) bond motifs is 3. The highest BCUT2D eigenvalue weighted by atomic mass is 16.5. The molecule has 7 heterocycles. The lowest BCUT2D eigenvalue weighted by atomic mass is 9.54. The zero-order chi connectivity index (χ0) is 29.1. The maximum absolute atomic E-state index is 9.76. The number of pyridine rings is 3. The Morgan fingerprint density at radius 1 is 1.07 bits per heavy atom. The third kappa shape index (κ3) is 4.40. The van der Waals surface area contributed by atoms with E-state index in [4.69, 9.17) is 9.72 Å². The maximum atomic E-state index is 9.76. The summed E-state index contributed by atoms with van der Waals surface area (Å²) < 4.78 is 7.05. The van der Waals surface area contributed by atoms with Crippen LogP contribution in [0.1, 0.15) is 42.4 Å². The Morgan fingerprint density at radius 2 is 1.88 bits per heavy atom. The molecule has 208 valence electrons. The van der Waals surface area contributed by atoms with Gasteiger partial charge in [-0.2, -0.15) is 15.6 Å². The van der Waals surface area contributed by atoms with Gasteiger partial charge < -0.3 is 9.64 Å². The van der Waals surface area contributed by atoms with E-state index in [-0.39, 0.29) is 10.8 Å². The smallest absolute Gasteiger partial charge is 0.212 e. The number of piperazine rings is 1. The number of nitriles is 2. The van der Waals surface area contributed by atoms with Crippen molar-refractivity contribution >= 4 is 27.0 Å². The van der Waals surface area contributed by atoms with Crippen LogP contribution in [0.5, 0.6) is 5.88 Å². The van der Waals surface area contributed by atoms with Crippen LogP contribution in [0.3, 0.4) is 0 Å². The second kappa shape index (κ2) is 9.89. The third-order valence-electron chi connectivity index (χ3n) is 9.65. The van der Waals surface area contributed by atoms with Gasteiger partial charge in [-0.25, -0.2) is 14.5 Å². The summed E-state index contributed by atoms with van der Waals surface area (Å²) in [5.41, 5.74) is 5.39. The van der Waals surface area contributed by atoms with Gasteiger partial charge in [-0.15, -0.1) is 0 Å². The number of anilines is 1. The molecule has 2 unspecified atom stereocenters. The maximum Gasteiger partial charge on any atom is 0.212 e. The highest BCUT2D eigenvalue weighted by Gasteiger charge is 2.51. The Hall–Kier alpha value is -4.34. The van der Waals surface area contributed by atoms with Crippen molar-refractivity contribution in [3.05, 3.63) is 71.8 Å². The normalized spacial score (nSPS) is 20.9. The fourth-order valence-corrected chi connectivity index (χ4v) is 7.02. The molecule has 0 N–H and O–H groups in total. The van der Waals surface area contributed by atoms with Gasteiger partial charge in [0.1, 0.15) is 27.6 Å². The van der Waals surface area contributed by atoms with Crippen LogP contribution in [0, 0.1) is 28.1 Å². The first kappa shape index (κ1) is 26.6. The fraction of sp³-hybridized carbons (Fsp3) is 0.387. The molecule has 8 rings (SSSR count). The molecular weight excluding hydrogens is 522 g/mol. The van der Waals surface area contributed by atoms with Gasteiger partial charge in [0.05, 0.1) is 35.9 Å². The van der Waals surface area contributed by atoms with Crippen molar-refractivity contribution < 1.29 is 4.74 Å². The third-order valence-corrected chi connectivity index (χ3v) is 9.65. The molecule has 0 aromatic carbocycles. The van der Waals surface area contributed by atoms with E-state index < -0.39 is 0 Å². The Kier molecular flexibility index (Phi) is 6.25. The van der Waals surface area contributed by atoms with Crippen molar-refractivity contribution in [1.82, 2.24) is 24.5 Å². The molecule has 0 radical (unpaired) electrons. The average molecular weight is 554 g/mol. The van der Waals surface area contributed by atoms with E-state index in [0.717, 1.165) is 66.8 Å². The Balaban J connectivity index is 1.11. The summed E-state index contributed by atoms with van der Waals surface area (Å²) in [7, 11) is 6.21. The lowest BCUT2D eigenvalue weighted by molar-refractivity contribution is -0.0304. The van der Waals surface area contributed by atoms with Gasteiger partial charge in [0, 0.05) is 61.0 Å². The molecule has 2 bridgehead atoms. The number of aryl methyl sites for hydroxylation is 1. The van der Waals surface area contributed by atoms with Gasteiger partial charge in [-0.1, -0.05) is 6.07 Å². The van der Waals surface area contributed by atoms with Gasteiger partial charge in [0.25, 0.3) is 0 Å². The Labute approximate surface area is 247 Å². The summed E-state index contributed by atoms with van der Waals surface area (Å²) in [6, 6.07) is 16.1. The van der Waals surface area contributed by atoms with Gasteiger partial charge in [-0.05, 0) is 66.8 Å². The number of aromatic nitrogens is 4. The van der Waals surface area contributed by atoms with E-state index in [0.29, 0.717) is 23.5 Å². The van der Waals surface area contributed by atoms with Gasteiger partial charge in [-0.3, -0.25) is 4.90 Å².